The van der Waals surface area contributed by atoms with Crippen LogP contribution in [0.3, 0.4) is 0 Å². The van der Waals surface area contributed by atoms with E-state index in [1.807, 2.05) is 31.2 Å². The Kier molecular flexibility index (Phi) is 5.46. The molecule has 3 heterocycles. The van der Waals surface area contributed by atoms with Gasteiger partial charge in [-0.3, -0.25) is 19.9 Å². The molecule has 1 aromatic carbocycles. The van der Waals surface area contributed by atoms with Gasteiger partial charge in [0.05, 0.1) is 13.2 Å². The van der Waals surface area contributed by atoms with Crippen molar-refractivity contribution in [2.45, 2.75) is 31.8 Å². The van der Waals surface area contributed by atoms with Gasteiger partial charge in [0.2, 0.25) is 0 Å². The monoisotopic (exact) mass is 407 g/mol. The molecule has 4 rings (SSSR count). The number of hydrogen-bond acceptors (Lipinski definition) is 6. The molecular weight excluding hydrogens is 382 g/mol. The predicted molar refractivity (Wildman–Crippen MR) is 106 cm³/mol. The van der Waals surface area contributed by atoms with Gasteiger partial charge in [0.25, 0.3) is 5.91 Å². The zero-order valence-corrected chi connectivity index (χ0v) is 16.9. The van der Waals surface area contributed by atoms with Crippen molar-refractivity contribution in [2.75, 3.05) is 44.8 Å². The molecule has 3 amide bonds. The molecule has 0 saturated carbocycles. The first-order valence-corrected chi connectivity index (χ1v) is 10.1. The summed E-state index contributed by atoms with van der Waals surface area (Å²) in [7, 11) is 1.75. The Hall–Kier alpha value is -1.87. The Labute approximate surface area is 169 Å². The van der Waals surface area contributed by atoms with Gasteiger partial charge < -0.3 is 14.5 Å². The fourth-order valence-corrected chi connectivity index (χ4v) is 4.53. The lowest BCUT2D eigenvalue weighted by Gasteiger charge is -2.43. The molecule has 3 aliphatic heterocycles. The number of rotatable bonds is 5. The third-order valence-electron chi connectivity index (χ3n) is 5.67. The Balaban J connectivity index is 1.59. The fraction of sp³-hybridized carbons (Fsp3) is 0.579. The number of halogens is 1. The fourth-order valence-electron chi connectivity index (χ4n) is 4.34. The first-order chi connectivity index (χ1) is 13.5. The Bertz CT molecular complexity index is 763. The summed E-state index contributed by atoms with van der Waals surface area (Å²) in [5.41, 5.74) is 1.00. The average Bonchev–Trinajstić information content (AvgIpc) is 3.09. The molecule has 0 spiro atoms. The molecule has 28 heavy (non-hydrogen) atoms. The molecule has 0 aliphatic carbocycles. The highest BCUT2D eigenvalue weighted by Crippen LogP contribution is 2.33. The number of carbonyl (C=O) groups excluding carboxylic acids is 2. The van der Waals surface area contributed by atoms with Crippen molar-refractivity contribution < 1.29 is 14.3 Å². The van der Waals surface area contributed by atoms with E-state index in [2.05, 4.69) is 15.1 Å². The number of carbonyl (C=O) groups is 2. The lowest BCUT2D eigenvalue weighted by molar-refractivity contribution is -0.139. The van der Waals surface area contributed by atoms with Gasteiger partial charge >= 0.3 is 6.03 Å². The SMILES string of the molecule is CCOCCN1C(=O)C2C(NC3N(c4cccc(Cl)c4)CCCN23)N(C)C1=O. The number of likely N-dealkylation sites (N-methyl/N-ethyl adjacent to an activating group) is 1. The first kappa shape index (κ1) is 19.4. The van der Waals surface area contributed by atoms with Crippen molar-refractivity contribution in [3.63, 3.8) is 0 Å². The van der Waals surface area contributed by atoms with Crippen LogP contribution in [0, 0.1) is 0 Å². The maximum Gasteiger partial charge on any atom is 0.327 e. The van der Waals surface area contributed by atoms with Gasteiger partial charge in [0, 0.05) is 37.5 Å². The molecule has 1 aromatic rings. The van der Waals surface area contributed by atoms with Crippen LogP contribution in [-0.4, -0.2) is 85.0 Å². The molecule has 0 aromatic heterocycles. The number of benzene rings is 1. The summed E-state index contributed by atoms with van der Waals surface area (Å²) in [5.74, 6) is -0.157. The van der Waals surface area contributed by atoms with Crippen molar-refractivity contribution in [2.24, 2.45) is 0 Å². The van der Waals surface area contributed by atoms with Crippen LogP contribution < -0.4 is 10.2 Å². The van der Waals surface area contributed by atoms with Gasteiger partial charge in [-0.05, 0) is 31.5 Å². The van der Waals surface area contributed by atoms with E-state index in [1.165, 1.54) is 4.90 Å². The first-order valence-electron chi connectivity index (χ1n) is 9.73. The lowest BCUT2D eigenvalue weighted by Crippen LogP contribution is -2.66. The van der Waals surface area contributed by atoms with Crippen LogP contribution >= 0.6 is 11.6 Å². The molecule has 152 valence electrons. The van der Waals surface area contributed by atoms with Crippen molar-refractivity contribution in [3.05, 3.63) is 29.3 Å². The molecule has 0 bridgehead atoms. The number of hydrogen-bond donors (Lipinski definition) is 1. The second-order valence-corrected chi connectivity index (χ2v) is 7.71. The normalized spacial score (nSPS) is 28.0. The van der Waals surface area contributed by atoms with E-state index in [4.69, 9.17) is 16.3 Å². The molecule has 3 fully saturated rings. The summed E-state index contributed by atoms with van der Waals surface area (Å²) in [4.78, 5) is 33.3. The number of urea groups is 1. The van der Waals surface area contributed by atoms with E-state index in [1.54, 1.807) is 11.9 Å². The average molecular weight is 408 g/mol. The third kappa shape index (κ3) is 3.24. The Morgan fingerprint density at radius 2 is 2.11 bits per heavy atom. The van der Waals surface area contributed by atoms with Gasteiger partial charge in [0.1, 0.15) is 18.5 Å². The van der Waals surface area contributed by atoms with E-state index in [0.29, 0.717) is 18.2 Å². The summed E-state index contributed by atoms with van der Waals surface area (Å²) in [6, 6.07) is 7.03. The molecule has 9 heteroatoms. The molecule has 3 atom stereocenters. The summed E-state index contributed by atoms with van der Waals surface area (Å²) in [6.45, 7) is 4.73. The van der Waals surface area contributed by atoms with Gasteiger partial charge in [-0.2, -0.15) is 0 Å². The van der Waals surface area contributed by atoms with Crippen molar-refractivity contribution >= 4 is 29.2 Å². The topological polar surface area (TPSA) is 68.4 Å². The van der Waals surface area contributed by atoms with Gasteiger partial charge in [-0.15, -0.1) is 0 Å². The maximum atomic E-state index is 13.2. The second kappa shape index (κ2) is 7.87. The molecule has 3 unspecified atom stereocenters. The number of imide groups is 1. The lowest BCUT2D eigenvalue weighted by atomic mass is 10.1. The van der Waals surface area contributed by atoms with Crippen LogP contribution in [-0.2, 0) is 9.53 Å². The van der Waals surface area contributed by atoms with Crippen molar-refractivity contribution in [3.8, 4) is 0 Å². The van der Waals surface area contributed by atoms with Crippen LogP contribution in [0.5, 0.6) is 0 Å². The van der Waals surface area contributed by atoms with E-state index >= 15 is 0 Å². The van der Waals surface area contributed by atoms with Gasteiger partial charge in [-0.25, -0.2) is 4.79 Å². The molecular formula is C19H26ClN5O3. The minimum atomic E-state index is -0.406. The van der Waals surface area contributed by atoms with Gasteiger partial charge in [-0.1, -0.05) is 17.7 Å². The zero-order chi connectivity index (χ0) is 19.8. The van der Waals surface area contributed by atoms with E-state index in [9.17, 15) is 9.59 Å². The van der Waals surface area contributed by atoms with Crippen molar-refractivity contribution in [1.82, 2.24) is 20.0 Å². The second-order valence-electron chi connectivity index (χ2n) is 7.27. The number of anilines is 1. The predicted octanol–water partition coefficient (Wildman–Crippen LogP) is 1.36. The van der Waals surface area contributed by atoms with Crippen molar-refractivity contribution in [1.29, 1.82) is 0 Å². The largest absolute Gasteiger partial charge is 0.380 e. The smallest absolute Gasteiger partial charge is 0.327 e. The van der Waals surface area contributed by atoms with Crippen LogP contribution in [0.25, 0.3) is 0 Å². The van der Waals surface area contributed by atoms with E-state index in [0.717, 1.165) is 25.2 Å². The van der Waals surface area contributed by atoms with Crippen LogP contribution in [0.15, 0.2) is 24.3 Å². The number of ether oxygens (including phenoxy) is 1. The molecule has 3 aliphatic rings. The van der Waals surface area contributed by atoms with Crippen LogP contribution in [0.4, 0.5) is 10.5 Å². The Morgan fingerprint density at radius 3 is 2.86 bits per heavy atom. The quantitative estimate of drug-likeness (QED) is 0.743. The van der Waals surface area contributed by atoms with Crippen LogP contribution in [0.2, 0.25) is 5.02 Å². The number of nitrogens with one attached hydrogen (secondary N) is 1. The summed E-state index contributed by atoms with van der Waals surface area (Å²) >= 11 is 6.19. The highest BCUT2D eigenvalue weighted by atomic mass is 35.5. The molecule has 3 saturated heterocycles. The standard InChI is InChI=1S/C19H26ClN5O3/c1-3-28-11-10-25-17(26)15-16(22(2)19(25)27)21-18-23(8-5-9-24(15)18)14-7-4-6-13(20)12-14/h4,6-7,12,15-16,18,21H,3,5,8-11H2,1-2H3. The minimum absolute atomic E-state index is 0.157. The highest BCUT2D eigenvalue weighted by Gasteiger charge is 2.55. The highest BCUT2D eigenvalue weighted by molar-refractivity contribution is 6.30. The summed E-state index contributed by atoms with van der Waals surface area (Å²) < 4.78 is 5.36. The number of amides is 3. The van der Waals surface area contributed by atoms with E-state index < -0.39 is 6.04 Å². The van der Waals surface area contributed by atoms with Crippen LogP contribution in [0.1, 0.15) is 13.3 Å². The Morgan fingerprint density at radius 1 is 1.29 bits per heavy atom. The molecule has 0 radical (unpaired) electrons. The van der Waals surface area contributed by atoms with Gasteiger partial charge in [0.15, 0.2) is 0 Å². The summed E-state index contributed by atoms with van der Waals surface area (Å²) in [6.07, 6.45) is 0.416. The summed E-state index contributed by atoms with van der Waals surface area (Å²) in [5, 5.41) is 4.17. The zero-order valence-electron chi connectivity index (χ0n) is 16.2. The number of fused-ring (bicyclic) bond motifs is 3. The molecule has 1 N–H and O–H groups in total. The van der Waals surface area contributed by atoms with E-state index in [-0.39, 0.29) is 30.9 Å². The number of nitrogens with zero attached hydrogens (tertiary/aromatic N) is 4. The minimum Gasteiger partial charge on any atom is -0.380 e. The molecule has 8 nitrogen and oxygen atoms in total. The maximum absolute atomic E-state index is 13.2. The third-order valence-corrected chi connectivity index (χ3v) is 5.91.